The zero-order valence-corrected chi connectivity index (χ0v) is 12.2. The second kappa shape index (κ2) is 4.90. The van der Waals surface area contributed by atoms with Gasteiger partial charge in [0, 0.05) is 11.3 Å². The highest BCUT2D eigenvalue weighted by atomic mass is 19.1. The van der Waals surface area contributed by atoms with Crippen LogP contribution in [0.1, 0.15) is 33.3 Å². The van der Waals surface area contributed by atoms with Gasteiger partial charge in [-0.25, -0.2) is 10.2 Å². The van der Waals surface area contributed by atoms with E-state index in [1.54, 1.807) is 13.0 Å². The molecule has 1 atom stereocenters. The third-order valence-corrected chi connectivity index (χ3v) is 3.74. The lowest BCUT2D eigenvalue weighted by Crippen LogP contribution is -2.56. The maximum atomic E-state index is 13.6. The number of allylic oxidation sites excluding steroid dienone is 1. The number of nitrogens with two attached hydrogens (primary N) is 1. The van der Waals surface area contributed by atoms with Gasteiger partial charge >= 0.3 is 0 Å². The normalized spacial score (nSPS) is 18.1. The Morgan fingerprint density at radius 3 is 2.70 bits per heavy atom. The molecule has 0 aliphatic carbocycles. The minimum absolute atomic E-state index is 0.304. The first-order chi connectivity index (χ1) is 9.27. The highest BCUT2D eigenvalue weighted by Crippen LogP contribution is 2.40. The number of nitrogens with one attached hydrogen (secondary N) is 1. The second-order valence-corrected chi connectivity index (χ2v) is 5.70. The van der Waals surface area contributed by atoms with Gasteiger partial charge in [-0.15, -0.1) is 0 Å². The Morgan fingerprint density at radius 2 is 2.10 bits per heavy atom. The van der Waals surface area contributed by atoms with Crippen molar-refractivity contribution in [2.75, 3.05) is 4.90 Å². The third kappa shape index (κ3) is 2.29. The van der Waals surface area contributed by atoms with Gasteiger partial charge in [-0.05, 0) is 51.5 Å². The topological polar surface area (TPSA) is 58.4 Å². The summed E-state index contributed by atoms with van der Waals surface area (Å²) in [5.74, 6) is 4.61. The van der Waals surface area contributed by atoms with Crippen LogP contribution in [0.25, 0.3) is 5.57 Å². The number of carbonyl (C=O) groups excluding carboxylic acids is 1. The first-order valence-corrected chi connectivity index (χ1v) is 6.57. The molecule has 0 aromatic heterocycles. The van der Waals surface area contributed by atoms with Crippen molar-refractivity contribution in [3.8, 4) is 0 Å². The van der Waals surface area contributed by atoms with Crippen LogP contribution >= 0.6 is 0 Å². The molecule has 5 heteroatoms. The predicted molar refractivity (Wildman–Crippen MR) is 78.4 cm³/mol. The van der Waals surface area contributed by atoms with E-state index in [0.29, 0.717) is 5.69 Å². The summed E-state index contributed by atoms with van der Waals surface area (Å²) in [6.45, 7) is 7.73. The van der Waals surface area contributed by atoms with Crippen LogP contribution in [0.3, 0.4) is 0 Å². The summed E-state index contributed by atoms with van der Waals surface area (Å²) in [5, 5.41) is 0. The fraction of sp³-hybridized carbons (Fsp3) is 0.400. The second-order valence-electron chi connectivity index (χ2n) is 5.70. The molecule has 0 spiro atoms. The smallest absolute Gasteiger partial charge is 0.256 e. The Balaban J connectivity index is 2.61. The number of hydrazine groups is 1. The fourth-order valence-corrected chi connectivity index (χ4v) is 2.97. The van der Waals surface area contributed by atoms with Crippen molar-refractivity contribution in [1.82, 2.24) is 5.43 Å². The van der Waals surface area contributed by atoms with Crippen LogP contribution in [0.15, 0.2) is 24.3 Å². The van der Waals surface area contributed by atoms with E-state index in [9.17, 15) is 9.18 Å². The Kier molecular flexibility index (Phi) is 3.56. The van der Waals surface area contributed by atoms with Crippen LogP contribution in [0.2, 0.25) is 0 Å². The van der Waals surface area contributed by atoms with Crippen molar-refractivity contribution in [3.63, 3.8) is 0 Å². The number of carbonyl (C=O) groups is 1. The van der Waals surface area contributed by atoms with Gasteiger partial charge in [-0.3, -0.25) is 10.2 Å². The van der Waals surface area contributed by atoms with Crippen LogP contribution in [-0.2, 0) is 4.79 Å². The Bertz CT molecular complexity index is 580. The highest BCUT2D eigenvalue weighted by Gasteiger charge is 2.37. The molecule has 2 rings (SSSR count). The van der Waals surface area contributed by atoms with E-state index >= 15 is 0 Å². The maximum absolute atomic E-state index is 13.6. The van der Waals surface area contributed by atoms with Crippen LogP contribution in [0.4, 0.5) is 10.1 Å². The molecule has 1 heterocycles. The van der Waals surface area contributed by atoms with Gasteiger partial charge in [-0.2, -0.15) is 0 Å². The summed E-state index contributed by atoms with van der Waals surface area (Å²) in [7, 11) is 0. The minimum atomic E-state index is -0.500. The van der Waals surface area contributed by atoms with E-state index in [-0.39, 0.29) is 11.7 Å². The van der Waals surface area contributed by atoms with Crippen molar-refractivity contribution >= 4 is 17.2 Å². The molecule has 0 unspecified atom stereocenters. The minimum Gasteiger partial charge on any atom is -0.351 e. The average molecular weight is 277 g/mol. The molecule has 0 saturated heterocycles. The Morgan fingerprint density at radius 1 is 1.45 bits per heavy atom. The van der Waals surface area contributed by atoms with E-state index in [2.05, 4.69) is 11.5 Å². The molecule has 0 radical (unpaired) electrons. The SMILES string of the molecule is CC1=CC(C)(C)N([C@H](C)C(=O)NN)c2cc(F)ccc21. The molecule has 0 fully saturated rings. The summed E-state index contributed by atoms with van der Waals surface area (Å²) in [6.07, 6.45) is 2.08. The zero-order valence-electron chi connectivity index (χ0n) is 12.2. The lowest BCUT2D eigenvalue weighted by Gasteiger charge is -2.46. The highest BCUT2D eigenvalue weighted by molar-refractivity contribution is 5.89. The molecule has 1 aliphatic heterocycles. The molecule has 1 amide bonds. The quantitative estimate of drug-likeness (QED) is 0.495. The van der Waals surface area contributed by atoms with Crippen molar-refractivity contribution in [1.29, 1.82) is 0 Å². The van der Waals surface area contributed by atoms with Crippen molar-refractivity contribution in [2.24, 2.45) is 5.84 Å². The summed E-state index contributed by atoms with van der Waals surface area (Å²) in [5.41, 5.74) is 4.47. The number of halogens is 1. The molecule has 3 N–H and O–H groups in total. The molecule has 4 nitrogen and oxygen atoms in total. The predicted octanol–water partition coefficient (Wildman–Crippen LogP) is 2.21. The molecule has 108 valence electrons. The standard InChI is InChI=1S/C15H20FN3O/c1-9-8-15(3,4)19(10(2)14(20)18-17)13-7-11(16)5-6-12(9)13/h5-8,10H,17H2,1-4H3,(H,18,20)/t10-/m1/s1. The van der Waals surface area contributed by atoms with Crippen molar-refractivity contribution in [2.45, 2.75) is 39.3 Å². The number of hydrogen-bond acceptors (Lipinski definition) is 3. The van der Waals surface area contributed by atoms with E-state index in [1.807, 2.05) is 25.7 Å². The number of anilines is 1. The average Bonchev–Trinajstić information content (AvgIpc) is 2.35. The summed E-state index contributed by atoms with van der Waals surface area (Å²) < 4.78 is 13.6. The van der Waals surface area contributed by atoms with Gasteiger partial charge < -0.3 is 4.90 Å². The molecule has 20 heavy (non-hydrogen) atoms. The number of hydrogen-bond donors (Lipinski definition) is 2. The summed E-state index contributed by atoms with van der Waals surface area (Å²) in [6, 6.07) is 4.14. The van der Waals surface area contributed by atoms with Crippen molar-refractivity contribution in [3.05, 3.63) is 35.7 Å². The van der Waals surface area contributed by atoms with Crippen LogP contribution in [-0.4, -0.2) is 17.5 Å². The van der Waals surface area contributed by atoms with Gasteiger partial charge in [-0.1, -0.05) is 6.08 Å². The maximum Gasteiger partial charge on any atom is 0.256 e. The van der Waals surface area contributed by atoms with Gasteiger partial charge in [0.2, 0.25) is 0 Å². The summed E-state index contributed by atoms with van der Waals surface area (Å²) >= 11 is 0. The number of nitrogens with zero attached hydrogens (tertiary/aromatic N) is 1. The lowest BCUT2D eigenvalue weighted by atomic mass is 9.87. The van der Waals surface area contributed by atoms with E-state index in [4.69, 9.17) is 5.84 Å². The van der Waals surface area contributed by atoms with Gasteiger partial charge in [0.25, 0.3) is 5.91 Å². The van der Waals surface area contributed by atoms with Gasteiger partial charge in [0.1, 0.15) is 11.9 Å². The monoisotopic (exact) mass is 277 g/mol. The number of amides is 1. The number of fused-ring (bicyclic) bond motifs is 1. The Hall–Kier alpha value is -1.88. The molecule has 0 bridgehead atoms. The number of benzene rings is 1. The molecular formula is C15H20FN3O. The van der Waals surface area contributed by atoms with Gasteiger partial charge in [0.05, 0.1) is 5.54 Å². The zero-order chi connectivity index (χ0) is 15.1. The van der Waals surface area contributed by atoms with Crippen LogP contribution < -0.4 is 16.2 Å². The largest absolute Gasteiger partial charge is 0.351 e. The molecular weight excluding hydrogens is 257 g/mol. The van der Waals surface area contributed by atoms with E-state index in [1.165, 1.54) is 12.1 Å². The molecule has 1 aromatic rings. The Labute approximate surface area is 118 Å². The molecule has 1 aliphatic rings. The number of rotatable bonds is 2. The van der Waals surface area contributed by atoms with Crippen LogP contribution in [0.5, 0.6) is 0 Å². The first kappa shape index (κ1) is 14.5. The van der Waals surface area contributed by atoms with E-state index < -0.39 is 11.6 Å². The third-order valence-electron chi connectivity index (χ3n) is 3.74. The first-order valence-electron chi connectivity index (χ1n) is 6.57. The fourth-order valence-electron chi connectivity index (χ4n) is 2.97. The molecule has 0 saturated carbocycles. The lowest BCUT2D eigenvalue weighted by molar-refractivity contribution is -0.122. The summed E-state index contributed by atoms with van der Waals surface area (Å²) in [4.78, 5) is 13.8. The molecule has 1 aromatic carbocycles. The van der Waals surface area contributed by atoms with Crippen molar-refractivity contribution < 1.29 is 9.18 Å². The van der Waals surface area contributed by atoms with Crippen LogP contribution in [0, 0.1) is 5.82 Å². The van der Waals surface area contributed by atoms with Gasteiger partial charge in [0.15, 0.2) is 0 Å². The van der Waals surface area contributed by atoms with E-state index in [0.717, 1.165) is 11.1 Å².